The molecule has 5 heteroatoms. The third-order valence-electron chi connectivity index (χ3n) is 5.64. The SMILES string of the molecule is CNC1C(=O)N(C2CC3CCC(C3)C2)CCc2ncoc21. The number of hydrogen-bond acceptors (Lipinski definition) is 4. The van der Waals surface area contributed by atoms with E-state index in [1.54, 1.807) is 0 Å². The molecule has 0 aromatic carbocycles. The highest BCUT2D eigenvalue weighted by atomic mass is 16.3. The van der Waals surface area contributed by atoms with Gasteiger partial charge in [-0.3, -0.25) is 4.79 Å². The molecule has 5 nitrogen and oxygen atoms in total. The first-order valence-corrected chi connectivity index (χ1v) is 8.16. The van der Waals surface area contributed by atoms with Gasteiger partial charge in [0.2, 0.25) is 5.91 Å². The number of amides is 1. The summed E-state index contributed by atoms with van der Waals surface area (Å²) in [7, 11) is 1.82. The van der Waals surface area contributed by atoms with Crippen molar-refractivity contribution in [1.82, 2.24) is 15.2 Å². The summed E-state index contributed by atoms with van der Waals surface area (Å²) in [4.78, 5) is 19.3. The van der Waals surface area contributed by atoms with Crippen LogP contribution in [0.2, 0.25) is 0 Å². The van der Waals surface area contributed by atoms with Crippen molar-refractivity contribution in [3.05, 3.63) is 17.8 Å². The quantitative estimate of drug-likeness (QED) is 0.903. The number of hydrogen-bond donors (Lipinski definition) is 1. The van der Waals surface area contributed by atoms with Gasteiger partial charge in [-0.15, -0.1) is 0 Å². The number of nitrogens with one attached hydrogen (secondary N) is 1. The topological polar surface area (TPSA) is 58.4 Å². The molecule has 114 valence electrons. The van der Waals surface area contributed by atoms with Crippen molar-refractivity contribution in [2.75, 3.05) is 13.6 Å². The average molecular weight is 289 g/mol. The van der Waals surface area contributed by atoms with E-state index >= 15 is 0 Å². The van der Waals surface area contributed by atoms with Crippen LogP contribution in [0.3, 0.4) is 0 Å². The third kappa shape index (κ3) is 2.18. The van der Waals surface area contributed by atoms with Crippen LogP contribution in [0.15, 0.2) is 10.8 Å². The molecule has 1 N–H and O–H groups in total. The molecule has 0 spiro atoms. The van der Waals surface area contributed by atoms with E-state index in [2.05, 4.69) is 15.2 Å². The first-order chi connectivity index (χ1) is 10.3. The van der Waals surface area contributed by atoms with Crippen molar-refractivity contribution in [2.45, 2.75) is 50.6 Å². The van der Waals surface area contributed by atoms with Crippen molar-refractivity contribution >= 4 is 5.91 Å². The summed E-state index contributed by atoms with van der Waals surface area (Å²) >= 11 is 0. The van der Waals surface area contributed by atoms with Crippen molar-refractivity contribution < 1.29 is 9.21 Å². The highest BCUT2D eigenvalue weighted by molar-refractivity contribution is 5.83. The van der Waals surface area contributed by atoms with Gasteiger partial charge in [-0.25, -0.2) is 4.98 Å². The van der Waals surface area contributed by atoms with Gasteiger partial charge in [0.25, 0.3) is 0 Å². The summed E-state index contributed by atoms with van der Waals surface area (Å²) < 4.78 is 5.48. The van der Waals surface area contributed by atoms with Crippen LogP contribution in [0.4, 0.5) is 0 Å². The lowest BCUT2D eigenvalue weighted by Crippen LogP contribution is -2.47. The van der Waals surface area contributed by atoms with E-state index in [-0.39, 0.29) is 11.9 Å². The second kappa shape index (κ2) is 5.13. The Morgan fingerprint density at radius 3 is 2.76 bits per heavy atom. The summed E-state index contributed by atoms with van der Waals surface area (Å²) in [6.45, 7) is 0.778. The number of nitrogens with zero attached hydrogens (tertiary/aromatic N) is 2. The summed E-state index contributed by atoms with van der Waals surface area (Å²) in [6.07, 6.45) is 8.75. The number of carbonyl (C=O) groups excluding carboxylic acids is 1. The number of aromatic nitrogens is 1. The van der Waals surface area contributed by atoms with Crippen LogP contribution in [-0.4, -0.2) is 35.4 Å². The number of rotatable bonds is 2. The lowest BCUT2D eigenvalue weighted by atomic mass is 9.84. The number of fused-ring (bicyclic) bond motifs is 3. The highest BCUT2D eigenvalue weighted by Gasteiger charge is 2.41. The van der Waals surface area contributed by atoms with Crippen LogP contribution in [0.25, 0.3) is 0 Å². The maximum atomic E-state index is 12.9. The first-order valence-electron chi connectivity index (χ1n) is 8.16. The molecule has 1 aliphatic heterocycles. The second-order valence-corrected chi connectivity index (χ2v) is 6.84. The molecule has 3 unspecified atom stereocenters. The first kappa shape index (κ1) is 13.3. The van der Waals surface area contributed by atoms with E-state index in [0.717, 1.165) is 30.5 Å². The zero-order chi connectivity index (χ0) is 14.4. The fraction of sp³-hybridized carbons (Fsp3) is 0.750. The molecule has 1 amide bonds. The van der Waals surface area contributed by atoms with Crippen molar-refractivity contribution in [2.24, 2.45) is 11.8 Å². The van der Waals surface area contributed by atoms with Gasteiger partial charge in [-0.05, 0) is 38.1 Å². The van der Waals surface area contributed by atoms with E-state index in [4.69, 9.17) is 4.42 Å². The van der Waals surface area contributed by atoms with Crippen LogP contribution >= 0.6 is 0 Å². The van der Waals surface area contributed by atoms with E-state index in [0.29, 0.717) is 11.8 Å². The normalized spacial score (nSPS) is 35.7. The van der Waals surface area contributed by atoms with Crippen LogP contribution in [0.1, 0.15) is 49.6 Å². The predicted octanol–water partition coefficient (Wildman–Crippen LogP) is 1.90. The van der Waals surface area contributed by atoms with Crippen molar-refractivity contribution in [3.8, 4) is 0 Å². The van der Waals surface area contributed by atoms with Gasteiger partial charge in [0.1, 0.15) is 6.04 Å². The average Bonchev–Trinajstić information content (AvgIpc) is 3.04. The molecule has 2 aliphatic carbocycles. The number of likely N-dealkylation sites (N-methyl/N-ethyl adjacent to an activating group) is 1. The standard InChI is InChI=1S/C16H23N3O2/c1-17-14-15-13(18-9-21-15)4-5-19(16(14)20)12-7-10-2-3-11(6-10)8-12/h9-12,14,17H,2-8H2,1H3. The van der Waals surface area contributed by atoms with E-state index in [9.17, 15) is 4.79 Å². The fourth-order valence-corrected chi connectivity index (χ4v) is 4.66. The summed E-state index contributed by atoms with van der Waals surface area (Å²) in [5.41, 5.74) is 0.934. The van der Waals surface area contributed by atoms with Gasteiger partial charge in [-0.2, -0.15) is 0 Å². The zero-order valence-electron chi connectivity index (χ0n) is 12.5. The van der Waals surface area contributed by atoms with Crippen molar-refractivity contribution in [1.29, 1.82) is 0 Å². The Balaban J connectivity index is 1.59. The maximum Gasteiger partial charge on any atom is 0.247 e. The molecular weight excluding hydrogens is 266 g/mol. The fourth-order valence-electron chi connectivity index (χ4n) is 4.66. The molecular formula is C16H23N3O2. The number of carbonyl (C=O) groups is 1. The van der Waals surface area contributed by atoms with Gasteiger partial charge in [0, 0.05) is 19.0 Å². The van der Waals surface area contributed by atoms with E-state index < -0.39 is 0 Å². The summed E-state index contributed by atoms with van der Waals surface area (Å²) in [6, 6.07) is 0.0492. The Morgan fingerprint density at radius 1 is 1.29 bits per heavy atom. The van der Waals surface area contributed by atoms with Gasteiger partial charge < -0.3 is 14.6 Å². The minimum Gasteiger partial charge on any atom is -0.446 e. The molecule has 21 heavy (non-hydrogen) atoms. The van der Waals surface area contributed by atoms with Crippen LogP contribution < -0.4 is 5.32 Å². The Hall–Kier alpha value is -1.36. The summed E-state index contributed by atoms with van der Waals surface area (Å²) in [5, 5.41) is 3.12. The monoisotopic (exact) mass is 289 g/mol. The molecule has 4 rings (SSSR count). The molecule has 2 saturated carbocycles. The Morgan fingerprint density at radius 2 is 2.05 bits per heavy atom. The largest absolute Gasteiger partial charge is 0.446 e. The molecule has 0 saturated heterocycles. The van der Waals surface area contributed by atoms with Crippen LogP contribution in [0, 0.1) is 11.8 Å². The predicted molar refractivity (Wildman–Crippen MR) is 77.6 cm³/mol. The van der Waals surface area contributed by atoms with Crippen molar-refractivity contribution in [3.63, 3.8) is 0 Å². The van der Waals surface area contributed by atoms with Crippen LogP contribution in [0.5, 0.6) is 0 Å². The van der Waals surface area contributed by atoms with Gasteiger partial charge in [-0.1, -0.05) is 12.8 Å². The van der Waals surface area contributed by atoms with E-state index in [1.165, 1.54) is 38.5 Å². The molecule has 1 aromatic heterocycles. The third-order valence-corrected chi connectivity index (χ3v) is 5.64. The minimum atomic E-state index is -0.371. The smallest absolute Gasteiger partial charge is 0.247 e. The molecule has 1 aromatic rings. The molecule has 3 atom stereocenters. The highest BCUT2D eigenvalue weighted by Crippen LogP contribution is 2.44. The van der Waals surface area contributed by atoms with Crippen LogP contribution in [-0.2, 0) is 11.2 Å². The Labute approximate surface area is 125 Å². The lowest BCUT2D eigenvalue weighted by Gasteiger charge is -2.37. The molecule has 2 bridgehead atoms. The molecule has 3 aliphatic rings. The molecule has 2 fully saturated rings. The minimum absolute atomic E-state index is 0.166. The number of oxazole rings is 1. The van der Waals surface area contributed by atoms with Gasteiger partial charge in [0.15, 0.2) is 12.2 Å². The van der Waals surface area contributed by atoms with Gasteiger partial charge >= 0.3 is 0 Å². The second-order valence-electron chi connectivity index (χ2n) is 6.84. The zero-order valence-corrected chi connectivity index (χ0v) is 12.5. The lowest BCUT2D eigenvalue weighted by molar-refractivity contribution is -0.137. The van der Waals surface area contributed by atoms with E-state index in [1.807, 2.05) is 7.05 Å². The van der Waals surface area contributed by atoms with Gasteiger partial charge in [0.05, 0.1) is 5.69 Å². The maximum absolute atomic E-state index is 12.9. The molecule has 0 radical (unpaired) electrons. The molecule has 2 heterocycles. The Kier molecular flexibility index (Phi) is 3.25. The Bertz CT molecular complexity index is 529. The summed E-state index contributed by atoms with van der Waals surface area (Å²) in [5.74, 6) is 2.56.